The molecule has 8 heteroatoms. The second kappa shape index (κ2) is 13.2. The molecule has 0 spiro atoms. The van der Waals surface area contributed by atoms with Crippen molar-refractivity contribution < 1.29 is 22.5 Å². The fourth-order valence-electron chi connectivity index (χ4n) is 0.957. The van der Waals surface area contributed by atoms with Crippen LogP contribution in [0.15, 0.2) is 0 Å². The lowest BCUT2D eigenvalue weighted by Crippen LogP contribution is -2.49. The average Bonchev–Trinajstić information content (AvgIpc) is 2.16. The molecular formula is C11H33NO5Si2. The maximum atomic E-state index is 8.66. The smallest absolute Gasteiger partial charge is 0.433 e. The van der Waals surface area contributed by atoms with E-state index in [-0.39, 0.29) is 6.15 Å². The number of hydrogen-bond donors (Lipinski definition) is 2. The van der Waals surface area contributed by atoms with E-state index in [0.29, 0.717) is 26.4 Å². The first-order valence-electron chi connectivity index (χ1n) is 6.52. The topological polar surface area (TPSA) is 92.2 Å². The van der Waals surface area contributed by atoms with Crippen molar-refractivity contribution >= 4 is 17.4 Å². The summed E-state index contributed by atoms with van der Waals surface area (Å²) < 4.78 is 21.7. The van der Waals surface area contributed by atoms with Crippen LogP contribution < -0.4 is 6.15 Å². The van der Waals surface area contributed by atoms with Gasteiger partial charge in [0, 0.05) is 26.4 Å². The molecule has 0 aromatic rings. The van der Waals surface area contributed by atoms with Crippen LogP contribution >= 0.6 is 0 Å². The maximum absolute atomic E-state index is 8.66. The van der Waals surface area contributed by atoms with Gasteiger partial charge in [-0.1, -0.05) is 0 Å². The van der Waals surface area contributed by atoms with Gasteiger partial charge in [0.15, 0.2) is 8.32 Å². The molecule has 4 N–H and O–H groups in total. The van der Waals surface area contributed by atoms with E-state index in [0.717, 1.165) is 0 Å². The van der Waals surface area contributed by atoms with Gasteiger partial charge >= 0.3 is 9.05 Å². The number of rotatable bonds is 8. The monoisotopic (exact) mass is 315 g/mol. The molecule has 0 radical (unpaired) electrons. The Hall–Kier alpha value is 0.194. The van der Waals surface area contributed by atoms with Crippen LogP contribution in [0.3, 0.4) is 0 Å². The van der Waals surface area contributed by atoms with Crippen LogP contribution in [0.2, 0.25) is 19.6 Å². The molecule has 0 aliphatic carbocycles. The molecule has 0 saturated carbocycles. The van der Waals surface area contributed by atoms with Gasteiger partial charge in [0.05, 0.1) is 0 Å². The minimum absolute atomic E-state index is 0. The van der Waals surface area contributed by atoms with Gasteiger partial charge in [-0.25, -0.2) is 0 Å². The molecular weight excluding hydrogens is 282 g/mol. The van der Waals surface area contributed by atoms with E-state index >= 15 is 0 Å². The van der Waals surface area contributed by atoms with Gasteiger partial charge < -0.3 is 28.7 Å². The SMILES string of the molecule is CCO[Si](OCC)(OCC)OCC.C[Si](C)(C)O.N. The van der Waals surface area contributed by atoms with Crippen molar-refractivity contribution in [2.45, 2.75) is 47.3 Å². The van der Waals surface area contributed by atoms with Gasteiger partial charge in [-0.05, 0) is 47.3 Å². The second-order valence-electron chi connectivity index (χ2n) is 4.40. The average molecular weight is 316 g/mol. The Morgan fingerprint density at radius 1 is 0.684 bits per heavy atom. The fraction of sp³-hybridized carbons (Fsp3) is 1.00. The van der Waals surface area contributed by atoms with Gasteiger partial charge in [0.2, 0.25) is 0 Å². The molecule has 6 nitrogen and oxygen atoms in total. The highest BCUT2D eigenvalue weighted by atomic mass is 28.4. The summed E-state index contributed by atoms with van der Waals surface area (Å²) in [6.07, 6.45) is 0. The number of hydrogen-bond acceptors (Lipinski definition) is 6. The highest BCUT2D eigenvalue weighted by molar-refractivity contribution is 6.68. The van der Waals surface area contributed by atoms with E-state index in [1.807, 2.05) is 47.3 Å². The van der Waals surface area contributed by atoms with Gasteiger partial charge in [0.25, 0.3) is 0 Å². The van der Waals surface area contributed by atoms with E-state index in [2.05, 4.69) is 0 Å². The van der Waals surface area contributed by atoms with E-state index in [1.54, 1.807) is 0 Å². The Balaban J connectivity index is -0.000000366. The predicted molar refractivity (Wildman–Crippen MR) is 82.8 cm³/mol. The van der Waals surface area contributed by atoms with Crippen LogP contribution in [0.5, 0.6) is 0 Å². The van der Waals surface area contributed by atoms with Crippen LogP contribution in [0.4, 0.5) is 0 Å². The van der Waals surface area contributed by atoms with E-state index in [4.69, 9.17) is 22.5 Å². The molecule has 0 aliphatic rings. The van der Waals surface area contributed by atoms with Gasteiger partial charge in [-0.2, -0.15) is 0 Å². The van der Waals surface area contributed by atoms with Crippen LogP contribution in [0, 0.1) is 0 Å². The zero-order chi connectivity index (χ0) is 14.7. The fourth-order valence-corrected chi connectivity index (χ4v) is 2.87. The summed E-state index contributed by atoms with van der Waals surface area (Å²) in [5.41, 5.74) is 0. The van der Waals surface area contributed by atoms with Gasteiger partial charge in [-0.3, -0.25) is 0 Å². The van der Waals surface area contributed by atoms with Crippen molar-refractivity contribution in [3.05, 3.63) is 0 Å². The predicted octanol–water partition coefficient (Wildman–Crippen LogP) is 2.54. The molecule has 0 aromatic carbocycles. The Morgan fingerprint density at radius 2 is 0.842 bits per heavy atom. The normalized spacial score (nSPS) is 11.4. The van der Waals surface area contributed by atoms with Crippen molar-refractivity contribution in [2.24, 2.45) is 0 Å². The summed E-state index contributed by atoms with van der Waals surface area (Å²) in [4.78, 5) is 8.66. The van der Waals surface area contributed by atoms with Gasteiger partial charge in [0.1, 0.15) is 0 Å². The van der Waals surface area contributed by atoms with Crippen LogP contribution in [0.25, 0.3) is 0 Å². The van der Waals surface area contributed by atoms with E-state index in [1.165, 1.54) is 0 Å². The molecule has 0 bridgehead atoms. The zero-order valence-corrected chi connectivity index (χ0v) is 15.6. The highest BCUT2D eigenvalue weighted by Gasteiger charge is 2.44. The molecule has 0 aromatic heterocycles. The van der Waals surface area contributed by atoms with Crippen molar-refractivity contribution in [2.75, 3.05) is 26.4 Å². The molecule has 0 amide bonds. The van der Waals surface area contributed by atoms with Crippen molar-refractivity contribution in [3.63, 3.8) is 0 Å². The van der Waals surface area contributed by atoms with Crippen LogP contribution in [0.1, 0.15) is 27.7 Å². The first-order chi connectivity index (χ1) is 8.24. The summed E-state index contributed by atoms with van der Waals surface area (Å²) in [6, 6.07) is 0. The maximum Gasteiger partial charge on any atom is 0.679 e. The largest absolute Gasteiger partial charge is 0.679 e. The summed E-state index contributed by atoms with van der Waals surface area (Å²) in [5, 5.41) is 0. The summed E-state index contributed by atoms with van der Waals surface area (Å²) in [7, 11) is -4.41. The Bertz CT molecular complexity index is 155. The minimum Gasteiger partial charge on any atom is -0.433 e. The summed E-state index contributed by atoms with van der Waals surface area (Å²) >= 11 is 0. The first kappa shape index (κ1) is 24.2. The van der Waals surface area contributed by atoms with Gasteiger partial charge in [-0.15, -0.1) is 0 Å². The third-order valence-corrected chi connectivity index (χ3v) is 3.85. The Morgan fingerprint density at radius 3 is 0.947 bits per heavy atom. The first-order valence-corrected chi connectivity index (χ1v) is 11.6. The summed E-state index contributed by atoms with van der Waals surface area (Å²) in [6.45, 7) is 15.4. The van der Waals surface area contributed by atoms with Crippen molar-refractivity contribution in [1.29, 1.82) is 0 Å². The van der Waals surface area contributed by atoms with Crippen molar-refractivity contribution in [1.82, 2.24) is 6.15 Å². The molecule has 0 fully saturated rings. The lowest BCUT2D eigenvalue weighted by molar-refractivity contribution is -0.0247. The second-order valence-corrected chi connectivity index (χ2v) is 10.9. The molecule has 0 saturated heterocycles. The lowest BCUT2D eigenvalue weighted by atomic mass is 10.9. The van der Waals surface area contributed by atoms with Crippen molar-refractivity contribution in [3.8, 4) is 0 Å². The lowest BCUT2D eigenvalue weighted by Gasteiger charge is -2.26. The van der Waals surface area contributed by atoms with Crippen LogP contribution in [-0.4, -0.2) is 48.6 Å². The van der Waals surface area contributed by atoms with E-state index in [9.17, 15) is 0 Å². The Kier molecular flexibility index (Phi) is 16.8. The summed E-state index contributed by atoms with van der Waals surface area (Å²) in [5.74, 6) is 0. The standard InChI is InChI=1S/C8H20O4Si.C3H10OSi.H3N/c1-5-9-13(10-6-2,11-7-3)12-8-4;1-5(2,3)4;/h5-8H2,1-4H3;4H,1-3H3;1H3. The molecule has 0 atom stereocenters. The molecule has 0 unspecified atom stereocenters. The highest BCUT2D eigenvalue weighted by Crippen LogP contribution is 2.11. The minimum atomic E-state index is -2.80. The molecule has 0 rings (SSSR count). The molecule has 0 heterocycles. The molecule has 120 valence electrons. The molecule has 19 heavy (non-hydrogen) atoms. The van der Waals surface area contributed by atoms with E-state index < -0.39 is 17.4 Å². The van der Waals surface area contributed by atoms with Crippen LogP contribution in [-0.2, 0) is 17.7 Å². The third kappa shape index (κ3) is 18.2. The third-order valence-electron chi connectivity index (χ3n) is 1.28. The Labute approximate surface area is 120 Å². The zero-order valence-electron chi connectivity index (χ0n) is 13.6. The molecule has 0 aliphatic heterocycles. The quantitative estimate of drug-likeness (QED) is 0.669.